The topological polar surface area (TPSA) is 0 Å². The molecular formula is C8H12. The van der Waals surface area contributed by atoms with Gasteiger partial charge in [0, 0.05) is 0 Å². The summed E-state index contributed by atoms with van der Waals surface area (Å²) in [5.41, 5.74) is 0. The highest BCUT2D eigenvalue weighted by Gasteiger charge is 2.29. The van der Waals surface area contributed by atoms with Gasteiger partial charge in [-0.05, 0) is 37.5 Å². The second-order valence-corrected chi connectivity index (χ2v) is 3.01. The fourth-order valence-electron chi connectivity index (χ4n) is 1.57. The fraction of sp³-hybridized carbons (Fsp3) is 0.750. The SMILES string of the molecule is C1=C[C@H](C2CC2)CC1. The molecule has 2 aliphatic rings. The van der Waals surface area contributed by atoms with E-state index < -0.39 is 0 Å². The molecule has 0 N–H and O–H groups in total. The highest BCUT2D eigenvalue weighted by Crippen LogP contribution is 2.41. The third-order valence-electron chi connectivity index (χ3n) is 2.28. The molecule has 44 valence electrons. The van der Waals surface area contributed by atoms with Gasteiger partial charge in [0.15, 0.2) is 0 Å². The van der Waals surface area contributed by atoms with Gasteiger partial charge in [-0.3, -0.25) is 0 Å². The largest absolute Gasteiger partial charge is 0.0882 e. The van der Waals surface area contributed by atoms with Crippen molar-refractivity contribution in [1.82, 2.24) is 0 Å². The third-order valence-corrected chi connectivity index (χ3v) is 2.28. The molecule has 0 bridgehead atoms. The van der Waals surface area contributed by atoms with E-state index in [0.717, 1.165) is 11.8 Å². The Kier molecular flexibility index (Phi) is 0.927. The molecule has 0 aromatic heterocycles. The summed E-state index contributed by atoms with van der Waals surface area (Å²) < 4.78 is 0. The molecule has 0 radical (unpaired) electrons. The summed E-state index contributed by atoms with van der Waals surface area (Å²) in [7, 11) is 0. The van der Waals surface area contributed by atoms with Crippen LogP contribution in [0.25, 0.3) is 0 Å². The van der Waals surface area contributed by atoms with Crippen LogP contribution in [-0.4, -0.2) is 0 Å². The predicted molar refractivity (Wildman–Crippen MR) is 34.6 cm³/mol. The Hall–Kier alpha value is -0.260. The molecule has 0 heterocycles. The summed E-state index contributed by atoms with van der Waals surface area (Å²) in [6.45, 7) is 0. The van der Waals surface area contributed by atoms with E-state index in [9.17, 15) is 0 Å². The van der Waals surface area contributed by atoms with Crippen molar-refractivity contribution in [3.05, 3.63) is 12.2 Å². The van der Waals surface area contributed by atoms with E-state index in [0.29, 0.717) is 0 Å². The first-order valence-corrected chi connectivity index (χ1v) is 3.63. The highest BCUT2D eigenvalue weighted by atomic mass is 14.3. The molecule has 2 aliphatic carbocycles. The third kappa shape index (κ3) is 0.683. The average molecular weight is 108 g/mol. The van der Waals surface area contributed by atoms with Gasteiger partial charge in [-0.15, -0.1) is 0 Å². The zero-order valence-corrected chi connectivity index (χ0v) is 5.14. The van der Waals surface area contributed by atoms with E-state index in [4.69, 9.17) is 0 Å². The van der Waals surface area contributed by atoms with E-state index in [1.165, 1.54) is 25.7 Å². The Bertz CT molecular complexity index is 109. The summed E-state index contributed by atoms with van der Waals surface area (Å²) in [5.74, 6) is 2.10. The molecule has 0 heteroatoms. The van der Waals surface area contributed by atoms with Crippen molar-refractivity contribution < 1.29 is 0 Å². The quantitative estimate of drug-likeness (QED) is 0.452. The lowest BCUT2D eigenvalue weighted by atomic mass is 10.0. The summed E-state index contributed by atoms with van der Waals surface area (Å²) in [6, 6.07) is 0. The zero-order valence-electron chi connectivity index (χ0n) is 5.14. The normalized spacial score (nSPS) is 36.2. The smallest absolute Gasteiger partial charge is 0.0202 e. The fourth-order valence-corrected chi connectivity index (χ4v) is 1.57. The molecule has 0 aliphatic heterocycles. The lowest BCUT2D eigenvalue weighted by Gasteiger charge is -2.00. The molecule has 0 spiro atoms. The maximum atomic E-state index is 2.41. The molecular weight excluding hydrogens is 96.1 g/mol. The molecule has 0 nitrogen and oxygen atoms in total. The summed E-state index contributed by atoms with van der Waals surface area (Å²) >= 11 is 0. The van der Waals surface area contributed by atoms with Crippen LogP contribution in [-0.2, 0) is 0 Å². The lowest BCUT2D eigenvalue weighted by Crippen LogP contribution is -1.91. The van der Waals surface area contributed by atoms with Crippen LogP contribution in [0, 0.1) is 11.8 Å². The van der Waals surface area contributed by atoms with Crippen molar-refractivity contribution in [3.63, 3.8) is 0 Å². The molecule has 1 fully saturated rings. The van der Waals surface area contributed by atoms with E-state index in [-0.39, 0.29) is 0 Å². The molecule has 0 amide bonds. The van der Waals surface area contributed by atoms with Crippen molar-refractivity contribution in [2.45, 2.75) is 25.7 Å². The first kappa shape index (κ1) is 4.60. The number of hydrogen-bond acceptors (Lipinski definition) is 0. The molecule has 2 rings (SSSR count). The van der Waals surface area contributed by atoms with E-state index in [2.05, 4.69) is 12.2 Å². The van der Waals surface area contributed by atoms with Crippen LogP contribution in [0.15, 0.2) is 12.2 Å². The van der Waals surface area contributed by atoms with Gasteiger partial charge in [0.25, 0.3) is 0 Å². The Labute approximate surface area is 50.6 Å². The molecule has 0 aromatic carbocycles. The highest BCUT2D eigenvalue weighted by molar-refractivity contribution is 5.01. The standard InChI is InChI=1S/C8H12/c1-2-4-7(3-1)8-5-6-8/h1,3,7-8H,2,4-6H2/t7-/m0/s1. The average Bonchev–Trinajstić information content (AvgIpc) is 2.49. The number of rotatable bonds is 1. The van der Waals surface area contributed by atoms with Crippen molar-refractivity contribution in [3.8, 4) is 0 Å². The van der Waals surface area contributed by atoms with Crippen molar-refractivity contribution in [2.24, 2.45) is 11.8 Å². The minimum absolute atomic E-state index is 0.995. The lowest BCUT2D eigenvalue weighted by molar-refractivity contribution is 0.557. The van der Waals surface area contributed by atoms with Gasteiger partial charge >= 0.3 is 0 Å². The van der Waals surface area contributed by atoms with Crippen LogP contribution in [0.3, 0.4) is 0 Å². The first-order chi connectivity index (χ1) is 3.97. The first-order valence-electron chi connectivity index (χ1n) is 3.63. The molecule has 0 unspecified atom stereocenters. The van der Waals surface area contributed by atoms with Crippen molar-refractivity contribution in [1.29, 1.82) is 0 Å². The van der Waals surface area contributed by atoms with Crippen LogP contribution in [0.5, 0.6) is 0 Å². The monoisotopic (exact) mass is 108 g/mol. The molecule has 0 aromatic rings. The second kappa shape index (κ2) is 1.61. The van der Waals surface area contributed by atoms with Crippen LogP contribution < -0.4 is 0 Å². The Morgan fingerprint density at radius 1 is 1.12 bits per heavy atom. The van der Waals surface area contributed by atoms with Gasteiger partial charge in [-0.2, -0.15) is 0 Å². The number of allylic oxidation sites excluding steroid dienone is 2. The minimum atomic E-state index is 0.995. The number of hydrogen-bond donors (Lipinski definition) is 0. The maximum Gasteiger partial charge on any atom is -0.0202 e. The zero-order chi connectivity index (χ0) is 5.40. The van der Waals surface area contributed by atoms with Crippen LogP contribution in [0.2, 0.25) is 0 Å². The van der Waals surface area contributed by atoms with Gasteiger partial charge in [0.2, 0.25) is 0 Å². The Balaban J connectivity index is 1.95. The van der Waals surface area contributed by atoms with Gasteiger partial charge < -0.3 is 0 Å². The van der Waals surface area contributed by atoms with Gasteiger partial charge in [-0.25, -0.2) is 0 Å². The summed E-state index contributed by atoms with van der Waals surface area (Å²) in [4.78, 5) is 0. The van der Waals surface area contributed by atoms with Crippen LogP contribution in [0.1, 0.15) is 25.7 Å². The second-order valence-electron chi connectivity index (χ2n) is 3.01. The van der Waals surface area contributed by atoms with Crippen molar-refractivity contribution in [2.75, 3.05) is 0 Å². The molecule has 1 saturated carbocycles. The van der Waals surface area contributed by atoms with E-state index in [1.807, 2.05) is 0 Å². The van der Waals surface area contributed by atoms with Gasteiger partial charge in [0.05, 0.1) is 0 Å². The Morgan fingerprint density at radius 3 is 2.50 bits per heavy atom. The molecule has 8 heavy (non-hydrogen) atoms. The molecule has 0 saturated heterocycles. The molecule has 1 atom stereocenters. The van der Waals surface area contributed by atoms with Gasteiger partial charge in [0.1, 0.15) is 0 Å². The van der Waals surface area contributed by atoms with Crippen LogP contribution >= 0.6 is 0 Å². The van der Waals surface area contributed by atoms with Crippen molar-refractivity contribution >= 4 is 0 Å². The maximum absolute atomic E-state index is 2.41. The summed E-state index contributed by atoms with van der Waals surface area (Å²) in [5, 5.41) is 0. The van der Waals surface area contributed by atoms with Gasteiger partial charge in [-0.1, -0.05) is 12.2 Å². The van der Waals surface area contributed by atoms with Crippen LogP contribution in [0.4, 0.5) is 0 Å². The Morgan fingerprint density at radius 2 is 2.00 bits per heavy atom. The summed E-state index contributed by atoms with van der Waals surface area (Å²) in [6.07, 6.45) is 10.6. The van der Waals surface area contributed by atoms with E-state index >= 15 is 0 Å². The van der Waals surface area contributed by atoms with E-state index in [1.54, 1.807) is 0 Å². The predicted octanol–water partition coefficient (Wildman–Crippen LogP) is 2.36. The minimum Gasteiger partial charge on any atom is -0.0882 e.